The van der Waals surface area contributed by atoms with Gasteiger partial charge in [-0.2, -0.15) is 0 Å². The number of carbonyl (C=O) groups excluding carboxylic acids is 1. The molecular formula is C30H22O4S. The zero-order valence-corrected chi connectivity index (χ0v) is 19.6. The summed E-state index contributed by atoms with van der Waals surface area (Å²) >= 11 is 1.62. The minimum Gasteiger partial charge on any atom is -0.507 e. The first-order chi connectivity index (χ1) is 17.1. The number of aromatic hydroxyl groups is 1. The van der Waals surface area contributed by atoms with E-state index >= 15 is 0 Å². The molecule has 4 aromatic carbocycles. The van der Waals surface area contributed by atoms with Gasteiger partial charge in [-0.05, 0) is 42.0 Å². The Balaban J connectivity index is 1.47. The molecule has 5 heteroatoms. The average Bonchev–Trinajstić information content (AvgIpc) is 2.89. The van der Waals surface area contributed by atoms with Crippen LogP contribution in [-0.2, 0) is 0 Å². The van der Waals surface area contributed by atoms with Crippen molar-refractivity contribution in [3.05, 3.63) is 136 Å². The smallest absolute Gasteiger partial charge is 0.343 e. The van der Waals surface area contributed by atoms with Gasteiger partial charge in [0.05, 0.1) is 10.9 Å². The molecule has 0 saturated carbocycles. The molecule has 1 atom stereocenters. The molecule has 1 heterocycles. The molecule has 4 nitrogen and oxygen atoms in total. The van der Waals surface area contributed by atoms with E-state index in [1.165, 1.54) is 0 Å². The molecule has 35 heavy (non-hydrogen) atoms. The Labute approximate surface area is 206 Å². The van der Waals surface area contributed by atoms with E-state index in [1.54, 1.807) is 48.2 Å². The molecule has 1 unspecified atom stereocenters. The highest BCUT2D eigenvalue weighted by Gasteiger charge is 2.27. The molecule has 1 aromatic heterocycles. The fraction of sp³-hybridized carbons (Fsp3) is 0.0667. The zero-order valence-electron chi connectivity index (χ0n) is 18.8. The summed E-state index contributed by atoms with van der Waals surface area (Å²) in [6.45, 7) is 0. The van der Waals surface area contributed by atoms with Gasteiger partial charge in [-0.25, -0.2) is 4.79 Å². The van der Waals surface area contributed by atoms with Crippen molar-refractivity contribution < 1.29 is 14.3 Å². The van der Waals surface area contributed by atoms with Gasteiger partial charge in [-0.15, -0.1) is 0 Å². The average molecular weight is 479 g/mol. The second-order valence-electron chi connectivity index (χ2n) is 8.18. The van der Waals surface area contributed by atoms with Gasteiger partial charge in [0.15, 0.2) is 5.78 Å². The Morgan fingerprint density at radius 1 is 0.771 bits per heavy atom. The molecule has 0 radical (unpaired) electrons. The lowest BCUT2D eigenvalue weighted by Gasteiger charge is -2.18. The number of carbonyl (C=O) groups is 1. The van der Waals surface area contributed by atoms with E-state index in [1.807, 2.05) is 72.8 Å². The Hall–Kier alpha value is -4.09. The molecule has 172 valence electrons. The SMILES string of the molecule is O=C(CC(c1ccccc1)c1c(O)c2ccccc2oc1=O)c1ccc(Sc2ccccc2)cc1. The number of fused-ring (bicyclic) bond motifs is 1. The number of hydrogen-bond acceptors (Lipinski definition) is 5. The van der Waals surface area contributed by atoms with Crippen LogP contribution in [0.3, 0.4) is 0 Å². The highest BCUT2D eigenvalue weighted by molar-refractivity contribution is 7.99. The predicted molar refractivity (Wildman–Crippen MR) is 138 cm³/mol. The van der Waals surface area contributed by atoms with E-state index in [2.05, 4.69) is 0 Å². The van der Waals surface area contributed by atoms with E-state index in [-0.39, 0.29) is 23.5 Å². The van der Waals surface area contributed by atoms with Crippen LogP contribution in [0.5, 0.6) is 5.75 Å². The molecule has 0 aliphatic heterocycles. The summed E-state index contributed by atoms with van der Waals surface area (Å²) in [5, 5.41) is 11.5. The number of Topliss-reactive ketones (excluding diaryl/α,β-unsaturated/α-hetero) is 1. The van der Waals surface area contributed by atoms with Crippen molar-refractivity contribution in [1.82, 2.24) is 0 Å². The van der Waals surface area contributed by atoms with Crippen LogP contribution in [0.25, 0.3) is 11.0 Å². The minimum absolute atomic E-state index is 0.0197. The second kappa shape index (κ2) is 10.0. The molecular weight excluding hydrogens is 456 g/mol. The zero-order chi connectivity index (χ0) is 24.2. The molecule has 5 rings (SSSR count). The molecule has 0 spiro atoms. The lowest BCUT2D eigenvalue weighted by atomic mass is 9.85. The van der Waals surface area contributed by atoms with Crippen LogP contribution in [-0.4, -0.2) is 10.9 Å². The van der Waals surface area contributed by atoms with Crippen LogP contribution >= 0.6 is 11.8 Å². The van der Waals surface area contributed by atoms with Gasteiger partial charge >= 0.3 is 5.63 Å². The van der Waals surface area contributed by atoms with Crippen molar-refractivity contribution in [3.63, 3.8) is 0 Å². The lowest BCUT2D eigenvalue weighted by molar-refractivity contribution is 0.0977. The van der Waals surface area contributed by atoms with Gasteiger partial charge in [0.25, 0.3) is 0 Å². The first-order valence-electron chi connectivity index (χ1n) is 11.3. The van der Waals surface area contributed by atoms with Crippen LogP contribution in [0.1, 0.15) is 33.8 Å². The van der Waals surface area contributed by atoms with E-state index < -0.39 is 11.5 Å². The first kappa shape index (κ1) is 22.7. The minimum atomic E-state index is -0.650. The van der Waals surface area contributed by atoms with E-state index in [0.29, 0.717) is 16.5 Å². The molecule has 0 amide bonds. The maximum atomic E-state index is 13.3. The van der Waals surface area contributed by atoms with Crippen LogP contribution in [0.15, 0.2) is 128 Å². The third-order valence-electron chi connectivity index (χ3n) is 5.91. The van der Waals surface area contributed by atoms with Crippen molar-refractivity contribution in [1.29, 1.82) is 0 Å². The summed E-state index contributed by atoms with van der Waals surface area (Å²) in [4.78, 5) is 28.4. The number of para-hydroxylation sites is 1. The second-order valence-corrected chi connectivity index (χ2v) is 9.32. The number of hydrogen-bond donors (Lipinski definition) is 1. The van der Waals surface area contributed by atoms with Gasteiger partial charge < -0.3 is 9.52 Å². The molecule has 0 aliphatic rings. The highest BCUT2D eigenvalue weighted by atomic mass is 32.2. The van der Waals surface area contributed by atoms with E-state index in [0.717, 1.165) is 15.4 Å². The van der Waals surface area contributed by atoms with Crippen molar-refractivity contribution >= 4 is 28.5 Å². The summed E-state index contributed by atoms with van der Waals surface area (Å²) in [7, 11) is 0. The lowest BCUT2D eigenvalue weighted by Crippen LogP contribution is -2.17. The normalized spacial score (nSPS) is 11.9. The van der Waals surface area contributed by atoms with Crippen LogP contribution < -0.4 is 5.63 Å². The fourth-order valence-electron chi connectivity index (χ4n) is 4.16. The van der Waals surface area contributed by atoms with Crippen molar-refractivity contribution in [2.45, 2.75) is 22.1 Å². The summed E-state index contributed by atoms with van der Waals surface area (Å²) in [6, 6.07) is 33.6. The third kappa shape index (κ3) is 4.91. The monoisotopic (exact) mass is 478 g/mol. The molecule has 0 saturated heterocycles. The standard InChI is InChI=1S/C30H22O4S/c31-26(21-15-17-23(18-16-21)35-22-11-5-2-6-12-22)19-25(20-9-3-1-4-10-20)28-29(32)24-13-7-8-14-27(24)34-30(28)33/h1-18,25,32H,19H2. The Morgan fingerprint density at radius 2 is 1.37 bits per heavy atom. The summed E-state index contributed by atoms with van der Waals surface area (Å²) in [5.74, 6) is -0.918. The third-order valence-corrected chi connectivity index (χ3v) is 6.93. The van der Waals surface area contributed by atoms with Crippen molar-refractivity contribution in [2.75, 3.05) is 0 Å². The molecule has 1 N–H and O–H groups in total. The molecule has 0 fully saturated rings. The Bertz CT molecular complexity index is 1520. The van der Waals surface area contributed by atoms with Gasteiger partial charge in [-0.3, -0.25) is 4.79 Å². The van der Waals surface area contributed by atoms with E-state index in [4.69, 9.17) is 4.42 Å². The summed E-state index contributed by atoms with van der Waals surface area (Å²) in [6.07, 6.45) is 0.0197. The highest BCUT2D eigenvalue weighted by Crippen LogP contribution is 2.37. The topological polar surface area (TPSA) is 67.5 Å². The fourth-order valence-corrected chi connectivity index (χ4v) is 5.00. The predicted octanol–water partition coefficient (Wildman–Crippen LogP) is 7.05. The summed E-state index contributed by atoms with van der Waals surface area (Å²) in [5.41, 5.74) is 1.07. The van der Waals surface area contributed by atoms with Crippen molar-refractivity contribution in [2.24, 2.45) is 0 Å². The van der Waals surface area contributed by atoms with Crippen LogP contribution in [0.2, 0.25) is 0 Å². The number of benzene rings is 4. The Morgan fingerprint density at radius 3 is 2.09 bits per heavy atom. The van der Waals surface area contributed by atoms with Gasteiger partial charge in [0.1, 0.15) is 11.3 Å². The Kier molecular flexibility index (Phi) is 6.51. The summed E-state index contributed by atoms with van der Waals surface area (Å²) < 4.78 is 5.51. The maximum Gasteiger partial charge on any atom is 0.343 e. The quantitative estimate of drug-likeness (QED) is 0.200. The van der Waals surface area contributed by atoms with Gasteiger partial charge in [-0.1, -0.05) is 84.6 Å². The van der Waals surface area contributed by atoms with Crippen LogP contribution in [0, 0.1) is 0 Å². The number of rotatable bonds is 7. The van der Waals surface area contributed by atoms with E-state index in [9.17, 15) is 14.7 Å². The molecule has 5 aromatic rings. The number of ketones is 1. The first-order valence-corrected chi connectivity index (χ1v) is 12.1. The maximum absolute atomic E-state index is 13.3. The largest absolute Gasteiger partial charge is 0.507 e. The van der Waals surface area contributed by atoms with Crippen LogP contribution in [0.4, 0.5) is 0 Å². The molecule has 0 bridgehead atoms. The van der Waals surface area contributed by atoms with Gasteiger partial charge in [0.2, 0.25) is 0 Å². The molecule has 0 aliphatic carbocycles. The van der Waals surface area contributed by atoms with Gasteiger partial charge in [0, 0.05) is 27.7 Å². The van der Waals surface area contributed by atoms with Crippen molar-refractivity contribution in [3.8, 4) is 5.75 Å².